The van der Waals surface area contributed by atoms with E-state index in [0.29, 0.717) is 5.02 Å². The molecule has 140 valence electrons. The molecular weight excluding hydrogens is 376 g/mol. The Morgan fingerprint density at radius 1 is 1.12 bits per heavy atom. The number of carbonyl (C=O) groups excluding carboxylic acids is 1. The molecule has 2 aromatic rings. The highest BCUT2D eigenvalue weighted by Gasteiger charge is 2.24. The van der Waals surface area contributed by atoms with Gasteiger partial charge in [-0.25, -0.2) is 8.42 Å². The van der Waals surface area contributed by atoms with E-state index in [0.717, 1.165) is 10.0 Å². The van der Waals surface area contributed by atoms with Crippen LogP contribution in [0.1, 0.15) is 28.9 Å². The molecule has 0 aromatic heterocycles. The summed E-state index contributed by atoms with van der Waals surface area (Å²) in [6.45, 7) is 1.89. The molecule has 1 amide bonds. The first-order valence-corrected chi connectivity index (χ1v) is 9.66. The SMILES string of the molecule is CON(C)S(=O)(=O)c1cccc(C(=O)N(C)C(C)c2ccc(Cl)cc2)c1. The minimum absolute atomic E-state index is 0.0137. The molecule has 0 saturated heterocycles. The van der Waals surface area contributed by atoms with Gasteiger partial charge in [0.25, 0.3) is 15.9 Å². The maximum Gasteiger partial charge on any atom is 0.264 e. The van der Waals surface area contributed by atoms with E-state index < -0.39 is 10.0 Å². The van der Waals surface area contributed by atoms with Crippen LogP contribution in [0.4, 0.5) is 0 Å². The van der Waals surface area contributed by atoms with Crippen LogP contribution in [0.2, 0.25) is 5.02 Å². The first-order chi connectivity index (χ1) is 12.2. The van der Waals surface area contributed by atoms with Crippen molar-refractivity contribution in [2.45, 2.75) is 17.9 Å². The third-order valence-electron chi connectivity index (χ3n) is 4.23. The molecule has 0 radical (unpaired) electrons. The lowest BCUT2D eigenvalue weighted by Crippen LogP contribution is -2.30. The van der Waals surface area contributed by atoms with Crippen molar-refractivity contribution in [3.63, 3.8) is 0 Å². The second kappa shape index (κ2) is 8.18. The summed E-state index contributed by atoms with van der Waals surface area (Å²) in [5.74, 6) is -0.287. The van der Waals surface area contributed by atoms with E-state index in [4.69, 9.17) is 16.4 Å². The average Bonchev–Trinajstić information content (AvgIpc) is 2.66. The number of hydrogen-bond donors (Lipinski definition) is 0. The molecule has 0 saturated carbocycles. The first-order valence-electron chi connectivity index (χ1n) is 7.84. The molecule has 0 bridgehead atoms. The fourth-order valence-corrected chi connectivity index (χ4v) is 3.53. The van der Waals surface area contributed by atoms with E-state index in [-0.39, 0.29) is 22.4 Å². The minimum Gasteiger partial charge on any atom is -0.335 e. The van der Waals surface area contributed by atoms with Crippen molar-refractivity contribution in [2.75, 3.05) is 21.2 Å². The number of amides is 1. The first kappa shape index (κ1) is 20.4. The molecule has 26 heavy (non-hydrogen) atoms. The van der Waals surface area contributed by atoms with Gasteiger partial charge in [-0.3, -0.25) is 9.63 Å². The number of hydrogen-bond acceptors (Lipinski definition) is 4. The Kier molecular flexibility index (Phi) is 6.41. The van der Waals surface area contributed by atoms with Crippen LogP contribution >= 0.6 is 11.6 Å². The Bertz CT molecular complexity index is 884. The predicted molar refractivity (Wildman–Crippen MR) is 100 cm³/mol. The zero-order chi connectivity index (χ0) is 19.5. The summed E-state index contributed by atoms with van der Waals surface area (Å²) in [4.78, 5) is 19.1. The standard InChI is InChI=1S/C18H21ClN2O4S/c1-13(14-8-10-16(19)11-9-14)20(2)18(22)15-6-5-7-17(12-15)26(23,24)21(3)25-4/h5-13H,1-4H3. The molecule has 0 fully saturated rings. The van der Waals surface area contributed by atoms with Crippen LogP contribution in [0.3, 0.4) is 0 Å². The Balaban J connectivity index is 2.29. The molecule has 0 aliphatic rings. The van der Waals surface area contributed by atoms with E-state index in [1.807, 2.05) is 19.1 Å². The van der Waals surface area contributed by atoms with Crippen molar-refractivity contribution in [3.05, 3.63) is 64.7 Å². The molecule has 0 aliphatic heterocycles. The number of halogens is 1. The molecule has 2 rings (SSSR count). The summed E-state index contributed by atoms with van der Waals surface area (Å²) < 4.78 is 25.5. The molecule has 1 unspecified atom stereocenters. The van der Waals surface area contributed by atoms with Crippen molar-refractivity contribution < 1.29 is 18.0 Å². The normalized spacial score (nSPS) is 12.8. The molecule has 1 atom stereocenters. The summed E-state index contributed by atoms with van der Waals surface area (Å²) in [6, 6.07) is 12.9. The van der Waals surface area contributed by atoms with Gasteiger partial charge in [0.15, 0.2) is 0 Å². The van der Waals surface area contributed by atoms with Crippen LogP contribution in [-0.4, -0.2) is 44.9 Å². The molecule has 8 heteroatoms. The van der Waals surface area contributed by atoms with Crippen LogP contribution < -0.4 is 0 Å². The highest BCUT2D eigenvalue weighted by molar-refractivity contribution is 7.89. The molecule has 0 aliphatic carbocycles. The lowest BCUT2D eigenvalue weighted by molar-refractivity contribution is -0.0258. The zero-order valence-corrected chi connectivity index (χ0v) is 16.6. The molecule has 0 N–H and O–H groups in total. The van der Waals surface area contributed by atoms with Crippen LogP contribution in [-0.2, 0) is 14.9 Å². The largest absolute Gasteiger partial charge is 0.335 e. The maximum atomic E-state index is 12.8. The number of carbonyl (C=O) groups is 1. The Morgan fingerprint density at radius 2 is 1.73 bits per heavy atom. The monoisotopic (exact) mass is 396 g/mol. The minimum atomic E-state index is -3.82. The summed E-state index contributed by atoms with van der Waals surface area (Å²) >= 11 is 5.90. The maximum absolute atomic E-state index is 12.8. The van der Waals surface area contributed by atoms with E-state index >= 15 is 0 Å². The van der Waals surface area contributed by atoms with Crippen molar-refractivity contribution >= 4 is 27.5 Å². The molecule has 0 heterocycles. The van der Waals surface area contributed by atoms with Gasteiger partial charge >= 0.3 is 0 Å². The molecular formula is C18H21ClN2O4S. The van der Waals surface area contributed by atoms with Crippen LogP contribution in [0.25, 0.3) is 0 Å². The number of rotatable bonds is 6. The summed E-state index contributed by atoms with van der Waals surface area (Å²) in [5.41, 5.74) is 1.20. The smallest absolute Gasteiger partial charge is 0.264 e. The number of benzene rings is 2. The van der Waals surface area contributed by atoms with E-state index in [1.54, 1.807) is 30.1 Å². The summed E-state index contributed by atoms with van der Waals surface area (Å²) in [5, 5.41) is 0.620. The Labute approximate surface area is 158 Å². The van der Waals surface area contributed by atoms with Gasteiger partial charge < -0.3 is 4.90 Å². The topological polar surface area (TPSA) is 66.9 Å². The molecule has 2 aromatic carbocycles. The van der Waals surface area contributed by atoms with Gasteiger partial charge in [-0.1, -0.05) is 34.3 Å². The number of nitrogens with zero attached hydrogens (tertiary/aromatic N) is 2. The second-order valence-electron chi connectivity index (χ2n) is 5.77. The number of sulfonamides is 1. The van der Waals surface area contributed by atoms with Crippen molar-refractivity contribution in [1.82, 2.24) is 9.37 Å². The fraction of sp³-hybridized carbons (Fsp3) is 0.278. The zero-order valence-electron chi connectivity index (χ0n) is 15.0. The van der Waals surface area contributed by atoms with Gasteiger partial charge in [-0.2, -0.15) is 0 Å². The quantitative estimate of drug-likeness (QED) is 0.702. The van der Waals surface area contributed by atoms with Crippen LogP contribution in [0.15, 0.2) is 53.4 Å². The van der Waals surface area contributed by atoms with Crippen molar-refractivity contribution in [1.29, 1.82) is 0 Å². The molecule has 6 nitrogen and oxygen atoms in total. The third kappa shape index (κ3) is 4.24. The van der Waals surface area contributed by atoms with Gasteiger partial charge in [-0.15, -0.1) is 0 Å². The van der Waals surface area contributed by atoms with Gasteiger partial charge in [-0.05, 0) is 42.8 Å². The highest BCUT2D eigenvalue weighted by atomic mass is 35.5. The van der Waals surface area contributed by atoms with E-state index in [1.165, 1.54) is 32.4 Å². The van der Waals surface area contributed by atoms with Gasteiger partial charge in [0.2, 0.25) is 0 Å². The van der Waals surface area contributed by atoms with Crippen molar-refractivity contribution in [2.24, 2.45) is 0 Å². The van der Waals surface area contributed by atoms with Gasteiger partial charge in [0, 0.05) is 24.7 Å². The fourth-order valence-electron chi connectivity index (χ4n) is 2.38. The third-order valence-corrected chi connectivity index (χ3v) is 6.16. The summed E-state index contributed by atoms with van der Waals surface area (Å²) in [7, 11) is 0.397. The van der Waals surface area contributed by atoms with E-state index in [9.17, 15) is 13.2 Å². The Morgan fingerprint density at radius 3 is 2.31 bits per heavy atom. The Hall–Kier alpha value is -1.93. The van der Waals surface area contributed by atoms with Gasteiger partial charge in [0.05, 0.1) is 18.0 Å². The average molecular weight is 397 g/mol. The highest BCUT2D eigenvalue weighted by Crippen LogP contribution is 2.23. The predicted octanol–water partition coefficient (Wildman–Crippen LogP) is 3.36. The van der Waals surface area contributed by atoms with Gasteiger partial charge in [0.1, 0.15) is 0 Å². The molecule has 0 spiro atoms. The van der Waals surface area contributed by atoms with Crippen molar-refractivity contribution in [3.8, 4) is 0 Å². The summed E-state index contributed by atoms with van der Waals surface area (Å²) in [6.07, 6.45) is 0. The lowest BCUT2D eigenvalue weighted by Gasteiger charge is -2.26. The van der Waals surface area contributed by atoms with E-state index in [2.05, 4.69) is 0 Å². The van der Waals surface area contributed by atoms with Crippen LogP contribution in [0.5, 0.6) is 0 Å². The lowest BCUT2D eigenvalue weighted by atomic mass is 10.1. The number of hydroxylamine groups is 1. The van der Waals surface area contributed by atoms with Crippen LogP contribution in [0, 0.1) is 0 Å². The second-order valence-corrected chi connectivity index (χ2v) is 8.14.